The van der Waals surface area contributed by atoms with Gasteiger partial charge in [-0.25, -0.2) is 4.79 Å². The van der Waals surface area contributed by atoms with Crippen molar-refractivity contribution in [2.75, 3.05) is 5.32 Å². The van der Waals surface area contributed by atoms with Gasteiger partial charge in [-0.15, -0.1) is 10.2 Å². The second-order valence-electron chi connectivity index (χ2n) is 4.51. The van der Waals surface area contributed by atoms with Crippen LogP contribution in [0.5, 0.6) is 0 Å². The Morgan fingerprint density at radius 3 is 3.00 bits per heavy atom. The van der Waals surface area contributed by atoms with Crippen LogP contribution in [-0.4, -0.2) is 26.5 Å². The van der Waals surface area contributed by atoms with E-state index >= 15 is 0 Å². The predicted molar refractivity (Wildman–Crippen MR) is 73.7 cm³/mol. The van der Waals surface area contributed by atoms with Gasteiger partial charge in [0, 0.05) is 23.2 Å². The fourth-order valence-electron chi connectivity index (χ4n) is 2.01. The number of fused-ring (bicyclic) bond motifs is 1. The van der Waals surface area contributed by atoms with Gasteiger partial charge in [-0.1, -0.05) is 5.21 Å². The van der Waals surface area contributed by atoms with E-state index in [4.69, 9.17) is 4.42 Å². The third kappa shape index (κ3) is 2.78. The lowest BCUT2D eigenvalue weighted by atomic mass is 10.1. The SMILES string of the molecule is Cc1cc(=O)oc2cc(NC(=O)Cc3nn[nH]n3)ccc12. The fourth-order valence-corrected chi connectivity index (χ4v) is 2.01. The van der Waals surface area contributed by atoms with E-state index in [1.54, 1.807) is 18.2 Å². The molecule has 0 aliphatic rings. The summed E-state index contributed by atoms with van der Waals surface area (Å²) in [6.07, 6.45) is 0.00625. The Balaban J connectivity index is 1.84. The lowest BCUT2D eigenvalue weighted by Crippen LogP contribution is -2.15. The van der Waals surface area contributed by atoms with Gasteiger partial charge in [-0.3, -0.25) is 4.79 Å². The molecule has 0 bridgehead atoms. The first-order valence-corrected chi connectivity index (χ1v) is 6.18. The molecular weight excluding hydrogens is 274 g/mol. The molecule has 0 saturated carbocycles. The molecule has 2 heterocycles. The van der Waals surface area contributed by atoms with Crippen LogP contribution in [0.15, 0.2) is 33.5 Å². The summed E-state index contributed by atoms with van der Waals surface area (Å²) in [5.41, 5.74) is 1.36. The molecule has 8 heteroatoms. The first-order valence-electron chi connectivity index (χ1n) is 6.18. The highest BCUT2D eigenvalue weighted by Gasteiger charge is 2.09. The van der Waals surface area contributed by atoms with Crippen molar-refractivity contribution >= 4 is 22.6 Å². The smallest absolute Gasteiger partial charge is 0.336 e. The van der Waals surface area contributed by atoms with Gasteiger partial charge in [0.2, 0.25) is 5.91 Å². The van der Waals surface area contributed by atoms with Crippen LogP contribution >= 0.6 is 0 Å². The zero-order chi connectivity index (χ0) is 14.8. The van der Waals surface area contributed by atoms with Gasteiger partial charge < -0.3 is 9.73 Å². The number of anilines is 1. The minimum atomic E-state index is -0.421. The maximum Gasteiger partial charge on any atom is 0.336 e. The fraction of sp³-hybridized carbons (Fsp3) is 0.154. The maximum atomic E-state index is 11.8. The summed E-state index contributed by atoms with van der Waals surface area (Å²) in [5.74, 6) is 0.0152. The minimum absolute atomic E-state index is 0.00625. The number of tetrazole rings is 1. The standard InChI is InChI=1S/C13H11N5O3/c1-7-4-13(20)21-10-5-8(2-3-9(7)10)14-12(19)6-11-15-17-18-16-11/h2-5H,6H2,1H3,(H,14,19)(H,15,16,17,18). The molecule has 0 radical (unpaired) electrons. The number of carbonyl (C=O) groups is 1. The van der Waals surface area contributed by atoms with Gasteiger partial charge >= 0.3 is 5.63 Å². The van der Waals surface area contributed by atoms with Gasteiger partial charge in [0.1, 0.15) is 5.58 Å². The average Bonchev–Trinajstić information content (AvgIpc) is 2.90. The normalized spacial score (nSPS) is 10.7. The molecule has 2 aromatic heterocycles. The number of nitrogens with one attached hydrogen (secondary N) is 2. The van der Waals surface area contributed by atoms with E-state index in [0.717, 1.165) is 10.9 Å². The molecule has 8 nitrogen and oxygen atoms in total. The van der Waals surface area contributed by atoms with Gasteiger partial charge in [0.05, 0.1) is 6.42 Å². The van der Waals surface area contributed by atoms with Crippen LogP contribution in [0.25, 0.3) is 11.0 Å². The Labute approximate surface area is 118 Å². The molecule has 2 N–H and O–H groups in total. The highest BCUT2D eigenvalue weighted by Crippen LogP contribution is 2.20. The number of benzene rings is 1. The highest BCUT2D eigenvalue weighted by atomic mass is 16.4. The second kappa shape index (κ2) is 5.16. The van der Waals surface area contributed by atoms with Gasteiger partial charge in [-0.2, -0.15) is 5.21 Å². The summed E-state index contributed by atoms with van der Waals surface area (Å²) < 4.78 is 5.12. The number of amides is 1. The largest absolute Gasteiger partial charge is 0.423 e. The Morgan fingerprint density at radius 2 is 2.24 bits per heavy atom. The van der Waals surface area contributed by atoms with E-state index in [2.05, 4.69) is 25.9 Å². The van der Waals surface area contributed by atoms with Crippen molar-refractivity contribution in [1.82, 2.24) is 20.6 Å². The Kier molecular flexibility index (Phi) is 3.19. The number of rotatable bonds is 3. The first kappa shape index (κ1) is 13.0. The molecule has 21 heavy (non-hydrogen) atoms. The van der Waals surface area contributed by atoms with Gasteiger partial charge in [0.25, 0.3) is 0 Å². The third-order valence-electron chi connectivity index (χ3n) is 2.94. The number of aromatic nitrogens is 4. The number of nitrogens with zero attached hydrogens (tertiary/aromatic N) is 3. The zero-order valence-electron chi connectivity index (χ0n) is 11.1. The molecule has 0 aliphatic carbocycles. The Hall–Kier alpha value is -3.03. The summed E-state index contributed by atoms with van der Waals surface area (Å²) in [7, 11) is 0. The number of aromatic amines is 1. The number of H-pyrrole nitrogens is 1. The molecule has 0 saturated heterocycles. The molecule has 0 unspecified atom stereocenters. The van der Waals surface area contributed by atoms with Crippen molar-refractivity contribution in [3.63, 3.8) is 0 Å². The molecule has 3 aromatic rings. The summed E-state index contributed by atoms with van der Waals surface area (Å²) in [6, 6.07) is 6.57. The number of hydrogen-bond acceptors (Lipinski definition) is 6. The van der Waals surface area contributed by atoms with Crippen molar-refractivity contribution in [3.8, 4) is 0 Å². The van der Waals surface area contributed by atoms with Crippen molar-refractivity contribution < 1.29 is 9.21 Å². The third-order valence-corrected chi connectivity index (χ3v) is 2.94. The quantitative estimate of drug-likeness (QED) is 0.688. The van der Waals surface area contributed by atoms with Crippen molar-refractivity contribution in [2.45, 2.75) is 13.3 Å². The van der Waals surface area contributed by atoms with E-state index in [9.17, 15) is 9.59 Å². The first-order chi connectivity index (χ1) is 10.1. The van der Waals surface area contributed by atoms with E-state index < -0.39 is 5.63 Å². The average molecular weight is 285 g/mol. The summed E-state index contributed by atoms with van der Waals surface area (Å²) in [5, 5.41) is 16.6. The molecule has 1 amide bonds. The topological polar surface area (TPSA) is 114 Å². The van der Waals surface area contributed by atoms with E-state index in [1.165, 1.54) is 6.07 Å². The lowest BCUT2D eigenvalue weighted by molar-refractivity contribution is -0.115. The van der Waals surface area contributed by atoms with Crippen molar-refractivity contribution in [3.05, 3.63) is 46.1 Å². The molecule has 0 fully saturated rings. The van der Waals surface area contributed by atoms with Crippen LogP contribution in [0.1, 0.15) is 11.4 Å². The van der Waals surface area contributed by atoms with E-state index in [0.29, 0.717) is 17.1 Å². The molecule has 1 aromatic carbocycles. The zero-order valence-corrected chi connectivity index (χ0v) is 11.1. The molecule has 0 aliphatic heterocycles. The summed E-state index contributed by atoms with van der Waals surface area (Å²) in [6.45, 7) is 1.83. The number of aryl methyl sites for hydroxylation is 1. The highest BCUT2D eigenvalue weighted by molar-refractivity contribution is 5.94. The predicted octanol–water partition coefficient (Wildman–Crippen LogP) is 0.796. The summed E-state index contributed by atoms with van der Waals surface area (Å²) >= 11 is 0. The molecule has 3 rings (SSSR count). The molecule has 0 spiro atoms. The number of carbonyl (C=O) groups excluding carboxylic acids is 1. The van der Waals surface area contributed by atoms with E-state index in [1.807, 2.05) is 6.92 Å². The maximum absolute atomic E-state index is 11.8. The van der Waals surface area contributed by atoms with Crippen LogP contribution in [0, 0.1) is 6.92 Å². The molecule has 106 valence electrons. The van der Waals surface area contributed by atoms with Gasteiger partial charge in [-0.05, 0) is 24.6 Å². The Morgan fingerprint density at radius 1 is 1.38 bits per heavy atom. The second-order valence-corrected chi connectivity index (χ2v) is 4.51. The van der Waals surface area contributed by atoms with Crippen LogP contribution in [-0.2, 0) is 11.2 Å². The van der Waals surface area contributed by atoms with Crippen LogP contribution in [0.3, 0.4) is 0 Å². The van der Waals surface area contributed by atoms with Crippen LogP contribution in [0.4, 0.5) is 5.69 Å². The lowest BCUT2D eigenvalue weighted by Gasteiger charge is -2.05. The minimum Gasteiger partial charge on any atom is -0.423 e. The van der Waals surface area contributed by atoms with Crippen molar-refractivity contribution in [2.24, 2.45) is 0 Å². The van der Waals surface area contributed by atoms with Gasteiger partial charge in [0.15, 0.2) is 5.82 Å². The summed E-state index contributed by atoms with van der Waals surface area (Å²) in [4.78, 5) is 23.2. The molecule has 0 atom stereocenters. The monoisotopic (exact) mass is 285 g/mol. The number of hydrogen-bond donors (Lipinski definition) is 2. The Bertz CT molecular complexity index is 854. The van der Waals surface area contributed by atoms with E-state index in [-0.39, 0.29) is 12.3 Å². The van der Waals surface area contributed by atoms with Crippen LogP contribution in [0.2, 0.25) is 0 Å². The van der Waals surface area contributed by atoms with Crippen molar-refractivity contribution in [1.29, 1.82) is 0 Å². The molecular formula is C13H11N5O3. The van der Waals surface area contributed by atoms with Crippen LogP contribution < -0.4 is 10.9 Å².